The number of aromatic nitrogens is 2. The van der Waals surface area contributed by atoms with Crippen LogP contribution >= 0.6 is 0 Å². The van der Waals surface area contributed by atoms with Crippen molar-refractivity contribution >= 4 is 17.3 Å². The fraction of sp³-hybridized carbons (Fsp3) is 0.474. The van der Waals surface area contributed by atoms with Crippen LogP contribution in [0.4, 0.5) is 17.3 Å². The Morgan fingerprint density at radius 1 is 0.920 bits per heavy atom. The molecule has 132 valence electrons. The van der Waals surface area contributed by atoms with Crippen LogP contribution in [0.1, 0.15) is 12.8 Å². The third kappa shape index (κ3) is 4.02. The molecule has 0 radical (unpaired) electrons. The second-order valence-electron chi connectivity index (χ2n) is 6.60. The van der Waals surface area contributed by atoms with Gasteiger partial charge in [-0.05, 0) is 25.0 Å². The average Bonchev–Trinajstić information content (AvgIpc) is 2.70. The molecule has 0 atom stereocenters. The van der Waals surface area contributed by atoms with Gasteiger partial charge in [0.05, 0.1) is 13.2 Å². The summed E-state index contributed by atoms with van der Waals surface area (Å²) < 4.78 is 5.41. The zero-order chi connectivity index (χ0) is 16.9. The maximum Gasteiger partial charge on any atom is 0.134 e. The number of benzene rings is 1. The molecule has 1 aromatic carbocycles. The maximum absolute atomic E-state index is 5.41. The molecule has 3 heterocycles. The summed E-state index contributed by atoms with van der Waals surface area (Å²) in [6, 6.07) is 13.2. The fourth-order valence-electron chi connectivity index (χ4n) is 3.52. The van der Waals surface area contributed by atoms with Gasteiger partial charge in [-0.1, -0.05) is 18.2 Å². The van der Waals surface area contributed by atoms with Crippen LogP contribution in [-0.4, -0.2) is 55.4 Å². The highest BCUT2D eigenvalue weighted by Crippen LogP contribution is 2.22. The van der Waals surface area contributed by atoms with Gasteiger partial charge in [-0.3, -0.25) is 0 Å². The maximum atomic E-state index is 5.41. The van der Waals surface area contributed by atoms with Gasteiger partial charge in [0.25, 0.3) is 0 Å². The molecule has 0 bridgehead atoms. The number of para-hydroxylation sites is 1. The van der Waals surface area contributed by atoms with Crippen molar-refractivity contribution in [2.75, 3.05) is 54.5 Å². The first-order chi connectivity index (χ1) is 12.4. The van der Waals surface area contributed by atoms with Crippen molar-refractivity contribution in [1.29, 1.82) is 0 Å². The lowest BCUT2D eigenvalue weighted by Gasteiger charge is -2.34. The first-order valence-electron chi connectivity index (χ1n) is 9.10. The highest BCUT2D eigenvalue weighted by Gasteiger charge is 2.20. The molecule has 2 aliphatic rings. The molecule has 2 fully saturated rings. The van der Waals surface area contributed by atoms with E-state index in [4.69, 9.17) is 4.74 Å². The van der Waals surface area contributed by atoms with E-state index in [0.29, 0.717) is 6.04 Å². The van der Waals surface area contributed by atoms with Crippen molar-refractivity contribution in [2.45, 2.75) is 18.9 Å². The molecule has 1 aromatic heterocycles. The van der Waals surface area contributed by atoms with E-state index in [0.717, 1.165) is 63.9 Å². The van der Waals surface area contributed by atoms with Crippen LogP contribution in [0, 0.1) is 0 Å². The molecule has 4 rings (SSSR count). The van der Waals surface area contributed by atoms with Crippen molar-refractivity contribution in [3.63, 3.8) is 0 Å². The van der Waals surface area contributed by atoms with Crippen LogP contribution in [0.25, 0.3) is 0 Å². The first-order valence-corrected chi connectivity index (χ1v) is 9.10. The molecule has 0 aliphatic carbocycles. The standard InChI is InChI=1S/C19H25N5O/c1-2-4-17(5-3-1)23-8-6-16(7-9-23)22-18-14-19(21-15-20-18)24-10-12-25-13-11-24/h1-5,14-16H,6-13H2,(H,20,21,22). The quantitative estimate of drug-likeness (QED) is 0.923. The molecule has 0 saturated carbocycles. The van der Waals surface area contributed by atoms with E-state index >= 15 is 0 Å². The predicted molar refractivity (Wildman–Crippen MR) is 100 cm³/mol. The molecular weight excluding hydrogens is 314 g/mol. The van der Waals surface area contributed by atoms with Gasteiger partial charge >= 0.3 is 0 Å². The molecule has 2 saturated heterocycles. The van der Waals surface area contributed by atoms with Crippen LogP contribution in [-0.2, 0) is 4.74 Å². The third-order valence-electron chi connectivity index (χ3n) is 4.96. The summed E-state index contributed by atoms with van der Waals surface area (Å²) in [5.74, 6) is 1.91. The normalized spacial score (nSPS) is 19.0. The summed E-state index contributed by atoms with van der Waals surface area (Å²) in [5.41, 5.74) is 1.32. The van der Waals surface area contributed by atoms with Crippen molar-refractivity contribution in [2.24, 2.45) is 0 Å². The van der Waals surface area contributed by atoms with Gasteiger partial charge in [0.2, 0.25) is 0 Å². The molecule has 2 aromatic rings. The second kappa shape index (κ2) is 7.70. The molecule has 0 spiro atoms. The molecule has 6 nitrogen and oxygen atoms in total. The molecule has 25 heavy (non-hydrogen) atoms. The van der Waals surface area contributed by atoms with Gasteiger partial charge in [0.15, 0.2) is 0 Å². The lowest BCUT2D eigenvalue weighted by molar-refractivity contribution is 0.122. The third-order valence-corrected chi connectivity index (χ3v) is 4.96. The van der Waals surface area contributed by atoms with E-state index in [1.807, 2.05) is 0 Å². The van der Waals surface area contributed by atoms with Gasteiger partial charge in [-0.25, -0.2) is 9.97 Å². The van der Waals surface area contributed by atoms with Crippen molar-refractivity contribution < 1.29 is 4.74 Å². The summed E-state index contributed by atoms with van der Waals surface area (Å²) in [6.07, 6.45) is 3.89. The summed E-state index contributed by atoms with van der Waals surface area (Å²) in [7, 11) is 0. The van der Waals surface area contributed by atoms with Gasteiger partial charge in [0, 0.05) is 44.0 Å². The Hall–Kier alpha value is -2.34. The van der Waals surface area contributed by atoms with E-state index in [9.17, 15) is 0 Å². The van der Waals surface area contributed by atoms with E-state index in [1.54, 1.807) is 6.33 Å². The van der Waals surface area contributed by atoms with E-state index in [2.05, 4.69) is 61.5 Å². The average molecular weight is 339 g/mol. The molecule has 2 aliphatic heterocycles. The number of nitrogens with zero attached hydrogens (tertiary/aromatic N) is 4. The Morgan fingerprint density at radius 2 is 1.68 bits per heavy atom. The molecule has 1 N–H and O–H groups in total. The van der Waals surface area contributed by atoms with Crippen LogP contribution in [0.2, 0.25) is 0 Å². The van der Waals surface area contributed by atoms with E-state index in [-0.39, 0.29) is 0 Å². The topological polar surface area (TPSA) is 53.5 Å². The lowest BCUT2D eigenvalue weighted by Crippen LogP contribution is -2.39. The monoisotopic (exact) mass is 339 g/mol. The van der Waals surface area contributed by atoms with Crippen LogP contribution in [0.3, 0.4) is 0 Å². The second-order valence-corrected chi connectivity index (χ2v) is 6.60. The van der Waals surface area contributed by atoms with Crippen LogP contribution in [0.5, 0.6) is 0 Å². The minimum absolute atomic E-state index is 0.465. The highest BCUT2D eigenvalue weighted by atomic mass is 16.5. The first kappa shape index (κ1) is 16.1. The number of morpholine rings is 1. The summed E-state index contributed by atoms with van der Waals surface area (Å²) >= 11 is 0. The number of ether oxygens (including phenoxy) is 1. The van der Waals surface area contributed by atoms with Gasteiger partial charge in [-0.2, -0.15) is 0 Å². The minimum Gasteiger partial charge on any atom is -0.378 e. The summed E-state index contributed by atoms with van der Waals surface area (Å²) in [4.78, 5) is 13.5. The van der Waals surface area contributed by atoms with E-state index in [1.165, 1.54) is 5.69 Å². The molecule has 6 heteroatoms. The number of anilines is 3. The SMILES string of the molecule is c1ccc(N2CCC(Nc3cc(N4CCOCC4)ncn3)CC2)cc1. The molecular formula is C19H25N5O. The Morgan fingerprint density at radius 3 is 2.44 bits per heavy atom. The Bertz CT molecular complexity index is 667. The number of rotatable bonds is 4. The smallest absolute Gasteiger partial charge is 0.134 e. The largest absolute Gasteiger partial charge is 0.378 e. The van der Waals surface area contributed by atoms with Crippen LogP contribution < -0.4 is 15.1 Å². The van der Waals surface area contributed by atoms with Crippen molar-refractivity contribution in [3.8, 4) is 0 Å². The fourth-order valence-corrected chi connectivity index (χ4v) is 3.52. The van der Waals surface area contributed by atoms with Crippen LogP contribution in [0.15, 0.2) is 42.7 Å². The van der Waals surface area contributed by atoms with Gasteiger partial charge < -0.3 is 19.9 Å². The number of piperidine rings is 1. The number of hydrogen-bond donors (Lipinski definition) is 1. The minimum atomic E-state index is 0.465. The van der Waals surface area contributed by atoms with Gasteiger partial charge in [0.1, 0.15) is 18.0 Å². The van der Waals surface area contributed by atoms with Gasteiger partial charge in [-0.15, -0.1) is 0 Å². The molecule has 0 amide bonds. The summed E-state index contributed by atoms with van der Waals surface area (Å²) in [6.45, 7) is 5.47. The Balaban J connectivity index is 1.34. The highest BCUT2D eigenvalue weighted by molar-refractivity contribution is 5.50. The Kier molecular flexibility index (Phi) is 4.97. The molecule has 0 unspecified atom stereocenters. The Labute approximate surface area is 148 Å². The number of hydrogen-bond acceptors (Lipinski definition) is 6. The predicted octanol–water partition coefficient (Wildman–Crippen LogP) is 2.39. The summed E-state index contributed by atoms with van der Waals surface area (Å²) in [5, 5.41) is 3.60. The van der Waals surface area contributed by atoms with E-state index < -0.39 is 0 Å². The van der Waals surface area contributed by atoms with Crippen molar-refractivity contribution in [1.82, 2.24) is 9.97 Å². The number of nitrogens with one attached hydrogen (secondary N) is 1. The zero-order valence-corrected chi connectivity index (χ0v) is 14.5. The zero-order valence-electron chi connectivity index (χ0n) is 14.5. The van der Waals surface area contributed by atoms with Crippen molar-refractivity contribution in [3.05, 3.63) is 42.7 Å². The lowest BCUT2D eigenvalue weighted by atomic mass is 10.0.